The average molecular weight is 230 g/mol. The van der Waals surface area contributed by atoms with Crippen molar-refractivity contribution in [3.05, 3.63) is 0 Å². The van der Waals surface area contributed by atoms with Crippen LogP contribution in [0.25, 0.3) is 0 Å². The molecule has 1 rings (SSSR count). The fourth-order valence-corrected chi connectivity index (χ4v) is 2.09. The van der Waals surface area contributed by atoms with Gasteiger partial charge in [0.1, 0.15) is 0 Å². The number of piperidine rings is 1. The molecule has 2 N–H and O–H groups in total. The van der Waals surface area contributed by atoms with Gasteiger partial charge in [-0.15, -0.1) is 0 Å². The molecule has 3 atom stereocenters. The van der Waals surface area contributed by atoms with Gasteiger partial charge >= 0.3 is 0 Å². The first kappa shape index (κ1) is 12.8. The number of thioether (sulfide) groups is 1. The molecule has 88 valence electrons. The van der Waals surface area contributed by atoms with Crippen LogP contribution in [0.4, 0.5) is 0 Å². The monoisotopic (exact) mass is 230 g/mol. The zero-order valence-corrected chi connectivity index (χ0v) is 10.7. The van der Waals surface area contributed by atoms with Crippen LogP contribution in [0, 0.1) is 5.92 Å². The van der Waals surface area contributed by atoms with Crippen molar-refractivity contribution in [1.82, 2.24) is 10.6 Å². The van der Waals surface area contributed by atoms with E-state index in [0.29, 0.717) is 11.3 Å². The lowest BCUT2D eigenvalue weighted by atomic mass is 9.92. The van der Waals surface area contributed by atoms with Gasteiger partial charge in [0.05, 0.1) is 0 Å². The van der Waals surface area contributed by atoms with Gasteiger partial charge in [-0.3, -0.25) is 4.79 Å². The number of nitrogens with one attached hydrogen (secondary N) is 2. The Morgan fingerprint density at radius 3 is 3.00 bits per heavy atom. The van der Waals surface area contributed by atoms with Gasteiger partial charge in [0.2, 0.25) is 5.91 Å². The highest BCUT2D eigenvalue weighted by Gasteiger charge is 2.24. The maximum atomic E-state index is 11.8. The molecular weight excluding hydrogens is 208 g/mol. The maximum Gasteiger partial charge on any atom is 0.223 e. The molecule has 0 radical (unpaired) electrons. The van der Waals surface area contributed by atoms with Crippen LogP contribution < -0.4 is 10.6 Å². The fourth-order valence-electron chi connectivity index (χ4n) is 1.84. The molecule has 1 heterocycles. The topological polar surface area (TPSA) is 41.1 Å². The summed E-state index contributed by atoms with van der Waals surface area (Å²) >= 11 is 1.79. The lowest BCUT2D eigenvalue weighted by Crippen LogP contribution is -2.43. The Balaban J connectivity index is 2.26. The summed E-state index contributed by atoms with van der Waals surface area (Å²) < 4.78 is 0. The summed E-state index contributed by atoms with van der Waals surface area (Å²) in [6.07, 6.45) is 4.02. The van der Waals surface area contributed by atoms with Gasteiger partial charge in [0.15, 0.2) is 0 Å². The van der Waals surface area contributed by atoms with Gasteiger partial charge in [-0.05, 0) is 32.6 Å². The highest BCUT2D eigenvalue weighted by Crippen LogP contribution is 2.16. The Morgan fingerprint density at radius 2 is 2.40 bits per heavy atom. The van der Waals surface area contributed by atoms with Gasteiger partial charge < -0.3 is 10.6 Å². The van der Waals surface area contributed by atoms with E-state index in [9.17, 15) is 4.79 Å². The Hall–Kier alpha value is -0.220. The van der Waals surface area contributed by atoms with Crippen molar-refractivity contribution in [3.63, 3.8) is 0 Å². The van der Waals surface area contributed by atoms with E-state index in [1.54, 1.807) is 11.8 Å². The van der Waals surface area contributed by atoms with Crippen molar-refractivity contribution in [1.29, 1.82) is 0 Å². The third-order valence-corrected chi connectivity index (χ3v) is 3.93. The largest absolute Gasteiger partial charge is 0.355 e. The first-order valence-electron chi connectivity index (χ1n) is 5.67. The van der Waals surface area contributed by atoms with E-state index in [1.165, 1.54) is 0 Å². The molecule has 0 aliphatic carbocycles. The summed E-state index contributed by atoms with van der Waals surface area (Å²) in [5, 5.41) is 6.90. The van der Waals surface area contributed by atoms with Gasteiger partial charge in [-0.1, -0.05) is 6.92 Å². The first-order valence-corrected chi connectivity index (χ1v) is 6.96. The Kier molecular flexibility index (Phi) is 5.47. The number of amides is 1. The number of rotatable bonds is 4. The minimum Gasteiger partial charge on any atom is -0.355 e. The Morgan fingerprint density at radius 1 is 1.67 bits per heavy atom. The molecule has 1 aliphatic heterocycles. The number of hydrogen-bond donors (Lipinski definition) is 2. The second-order valence-corrected chi connectivity index (χ2v) is 5.64. The summed E-state index contributed by atoms with van der Waals surface area (Å²) in [4.78, 5) is 11.8. The van der Waals surface area contributed by atoms with Crippen LogP contribution in [0.5, 0.6) is 0 Å². The Bertz CT molecular complexity index is 211. The molecule has 0 aromatic carbocycles. The highest BCUT2D eigenvalue weighted by molar-refractivity contribution is 7.99. The van der Waals surface area contributed by atoms with Crippen molar-refractivity contribution in [2.24, 2.45) is 5.92 Å². The molecule has 1 fully saturated rings. The number of carbonyl (C=O) groups excluding carboxylic acids is 1. The molecule has 0 bridgehead atoms. The van der Waals surface area contributed by atoms with Gasteiger partial charge in [0, 0.05) is 23.8 Å². The Labute approximate surface area is 96.8 Å². The van der Waals surface area contributed by atoms with Crippen LogP contribution in [0.3, 0.4) is 0 Å². The molecular formula is C11H22N2OS. The van der Waals surface area contributed by atoms with E-state index in [2.05, 4.69) is 30.7 Å². The molecule has 3 nitrogen and oxygen atoms in total. The average Bonchev–Trinajstić information content (AvgIpc) is 2.25. The molecule has 4 heteroatoms. The fraction of sp³-hybridized carbons (Fsp3) is 0.909. The van der Waals surface area contributed by atoms with Crippen molar-refractivity contribution in [2.45, 2.75) is 38.0 Å². The smallest absolute Gasteiger partial charge is 0.223 e. The van der Waals surface area contributed by atoms with E-state index >= 15 is 0 Å². The summed E-state index contributed by atoms with van der Waals surface area (Å²) in [6.45, 7) is 6.04. The SMILES string of the molecule is CSC(C)CNC(=O)C1CCNC(C)C1. The third kappa shape index (κ3) is 4.43. The number of hydrogen-bond acceptors (Lipinski definition) is 3. The zero-order valence-electron chi connectivity index (χ0n) is 9.88. The van der Waals surface area contributed by atoms with E-state index < -0.39 is 0 Å². The van der Waals surface area contributed by atoms with Crippen LogP contribution in [0.2, 0.25) is 0 Å². The van der Waals surface area contributed by atoms with Crippen molar-refractivity contribution in [2.75, 3.05) is 19.3 Å². The lowest BCUT2D eigenvalue weighted by molar-refractivity contribution is -0.126. The van der Waals surface area contributed by atoms with Crippen LogP contribution in [0.15, 0.2) is 0 Å². The maximum absolute atomic E-state index is 11.8. The van der Waals surface area contributed by atoms with E-state index in [0.717, 1.165) is 25.9 Å². The van der Waals surface area contributed by atoms with Crippen LogP contribution >= 0.6 is 11.8 Å². The molecule has 1 saturated heterocycles. The van der Waals surface area contributed by atoms with Crippen molar-refractivity contribution >= 4 is 17.7 Å². The van der Waals surface area contributed by atoms with Gasteiger partial charge in [-0.25, -0.2) is 0 Å². The molecule has 0 spiro atoms. The van der Waals surface area contributed by atoms with Crippen LogP contribution in [-0.2, 0) is 4.79 Å². The standard InChI is InChI=1S/C11H22N2OS/c1-8-6-10(4-5-12-8)11(14)13-7-9(2)15-3/h8-10,12H,4-7H2,1-3H3,(H,13,14). The summed E-state index contributed by atoms with van der Waals surface area (Å²) in [5.74, 6) is 0.458. The van der Waals surface area contributed by atoms with Gasteiger partial charge in [-0.2, -0.15) is 11.8 Å². The lowest BCUT2D eigenvalue weighted by Gasteiger charge is -2.27. The minimum absolute atomic E-state index is 0.218. The molecule has 15 heavy (non-hydrogen) atoms. The highest BCUT2D eigenvalue weighted by atomic mass is 32.2. The predicted molar refractivity (Wildman–Crippen MR) is 66.2 cm³/mol. The molecule has 3 unspecified atom stereocenters. The second-order valence-electron chi connectivity index (χ2n) is 4.37. The number of carbonyl (C=O) groups is 1. The minimum atomic E-state index is 0.218. The van der Waals surface area contributed by atoms with Crippen molar-refractivity contribution < 1.29 is 4.79 Å². The molecule has 0 aromatic rings. The molecule has 0 aromatic heterocycles. The van der Waals surface area contributed by atoms with Crippen LogP contribution in [-0.4, -0.2) is 36.5 Å². The van der Waals surface area contributed by atoms with E-state index in [1.807, 2.05) is 0 Å². The first-order chi connectivity index (χ1) is 7.13. The third-order valence-electron chi connectivity index (χ3n) is 2.96. The van der Waals surface area contributed by atoms with E-state index in [4.69, 9.17) is 0 Å². The predicted octanol–water partition coefficient (Wildman–Crippen LogP) is 1.24. The van der Waals surface area contributed by atoms with E-state index in [-0.39, 0.29) is 11.8 Å². The van der Waals surface area contributed by atoms with Crippen molar-refractivity contribution in [3.8, 4) is 0 Å². The molecule has 0 saturated carbocycles. The summed E-state index contributed by atoms with van der Waals surface area (Å²) in [6, 6.07) is 0.479. The summed E-state index contributed by atoms with van der Waals surface area (Å²) in [5.41, 5.74) is 0. The molecule has 1 amide bonds. The zero-order chi connectivity index (χ0) is 11.3. The van der Waals surface area contributed by atoms with Gasteiger partial charge in [0.25, 0.3) is 0 Å². The summed E-state index contributed by atoms with van der Waals surface area (Å²) in [7, 11) is 0. The molecule has 1 aliphatic rings. The second kappa shape index (κ2) is 6.38. The quantitative estimate of drug-likeness (QED) is 0.763. The normalized spacial score (nSPS) is 28.5. The van der Waals surface area contributed by atoms with Crippen LogP contribution in [0.1, 0.15) is 26.7 Å².